The second-order valence-electron chi connectivity index (χ2n) is 19.8. The van der Waals surface area contributed by atoms with Gasteiger partial charge in [-0.05, 0) is 99.2 Å². The van der Waals surface area contributed by atoms with E-state index >= 15 is 13.6 Å². The number of aromatic nitrogens is 1. The number of fused-ring (bicyclic) bond motifs is 6. The highest BCUT2D eigenvalue weighted by Crippen LogP contribution is 2.68. The average Bonchev–Trinajstić information content (AvgIpc) is 3.94. The Hall–Kier alpha value is -4.53. The number of rotatable bonds is 10. The zero-order valence-corrected chi connectivity index (χ0v) is 38.5. The monoisotopic (exact) mass is 886 g/mol. The summed E-state index contributed by atoms with van der Waals surface area (Å²) >= 11 is 0. The van der Waals surface area contributed by atoms with Gasteiger partial charge in [0.15, 0.2) is 6.10 Å². The van der Waals surface area contributed by atoms with Crippen LogP contribution < -0.4 is 9.64 Å². The number of anilines is 1. The van der Waals surface area contributed by atoms with E-state index in [9.17, 15) is 14.7 Å². The van der Waals surface area contributed by atoms with Crippen LogP contribution in [0.1, 0.15) is 94.2 Å². The number of nitrogens with zero attached hydrogens (tertiary/aromatic N) is 3. The van der Waals surface area contributed by atoms with E-state index in [1.165, 1.54) is 26.7 Å². The van der Waals surface area contributed by atoms with Gasteiger partial charge in [-0.3, -0.25) is 14.5 Å². The van der Waals surface area contributed by atoms with Crippen molar-refractivity contribution < 1.29 is 47.2 Å². The third-order valence-corrected chi connectivity index (χ3v) is 16.5. The van der Waals surface area contributed by atoms with E-state index in [2.05, 4.69) is 39.9 Å². The third-order valence-electron chi connectivity index (χ3n) is 16.5. The molecule has 3 fully saturated rings. The van der Waals surface area contributed by atoms with E-state index in [4.69, 9.17) is 18.9 Å². The van der Waals surface area contributed by atoms with Crippen LogP contribution in [0.3, 0.4) is 0 Å². The van der Waals surface area contributed by atoms with Gasteiger partial charge in [-0.2, -0.15) is 0 Å². The summed E-state index contributed by atoms with van der Waals surface area (Å²) in [6, 6.07) is 9.02. The van der Waals surface area contributed by atoms with Crippen LogP contribution in [-0.2, 0) is 52.3 Å². The Kier molecular flexibility index (Phi) is 11.0. The number of unbranched alkanes of at least 4 members (excludes halogenated alkanes) is 1. The van der Waals surface area contributed by atoms with Crippen molar-refractivity contribution in [3.8, 4) is 5.75 Å². The zero-order chi connectivity index (χ0) is 45.7. The Morgan fingerprint density at radius 1 is 1.00 bits per heavy atom. The van der Waals surface area contributed by atoms with Crippen LogP contribution >= 0.6 is 0 Å². The number of ether oxygens (including phenoxy) is 4. The summed E-state index contributed by atoms with van der Waals surface area (Å²) < 4.78 is 55.0. The first-order valence-corrected chi connectivity index (χ1v) is 23.2. The minimum atomic E-state index is -2.94. The molecule has 0 amide bonds. The SMILES string of the molecule is CCCCc1ccc2[nH]c3c(c2c1)CCN1C[C@H](C[C@@H](C(C)(F)F)C1)C[C@]3(C(=O)OC)c1cc2c(cc1OC)N(C)[C@H]1[C@@](O)(C(=O)OC)[C@H](OC(C)=O)[C@]3(CC)C=CCN4CC[C@]21[C@@H]43. The van der Waals surface area contributed by atoms with Gasteiger partial charge in [-0.1, -0.05) is 38.5 Å². The van der Waals surface area contributed by atoms with Gasteiger partial charge in [0.05, 0.1) is 27.4 Å². The maximum absolute atomic E-state index is 15.5. The number of hydrogen-bond acceptors (Lipinski definition) is 11. The fourth-order valence-corrected chi connectivity index (χ4v) is 14.1. The van der Waals surface area contributed by atoms with Crippen LogP contribution in [0.5, 0.6) is 5.75 Å². The van der Waals surface area contributed by atoms with E-state index in [0.717, 1.165) is 48.2 Å². The van der Waals surface area contributed by atoms with Crippen LogP contribution in [0.15, 0.2) is 42.5 Å². The molecule has 2 bridgehead atoms. The Bertz CT molecular complexity index is 2400. The van der Waals surface area contributed by atoms with Crippen molar-refractivity contribution in [2.24, 2.45) is 17.3 Å². The molecule has 9 rings (SSSR count). The summed E-state index contributed by atoms with van der Waals surface area (Å²) in [5.74, 6) is -5.89. The molecule has 6 aliphatic rings. The van der Waals surface area contributed by atoms with Gasteiger partial charge in [-0.25, -0.2) is 13.6 Å². The van der Waals surface area contributed by atoms with E-state index in [1.807, 2.05) is 43.2 Å². The maximum Gasteiger partial charge on any atom is 0.344 e. The molecule has 3 aromatic rings. The van der Waals surface area contributed by atoms with Gasteiger partial charge < -0.3 is 38.8 Å². The number of likely N-dealkylation sites (N-methyl/N-ethyl adjacent to an activating group) is 1. The molecule has 1 unspecified atom stereocenters. The van der Waals surface area contributed by atoms with Crippen LogP contribution in [-0.4, -0.2) is 129 Å². The van der Waals surface area contributed by atoms with Crippen LogP contribution in [0.4, 0.5) is 14.5 Å². The summed E-state index contributed by atoms with van der Waals surface area (Å²) in [6.45, 7) is 9.00. The predicted octanol–water partition coefficient (Wildman–Crippen LogP) is 6.46. The summed E-state index contributed by atoms with van der Waals surface area (Å²) in [5.41, 5.74) is -0.257. The van der Waals surface area contributed by atoms with Gasteiger partial charge in [-0.15, -0.1) is 0 Å². The quantitative estimate of drug-likeness (QED) is 0.132. The minimum absolute atomic E-state index is 0.157. The number of carbonyl (C=O) groups is 3. The third kappa shape index (κ3) is 6.16. The number of aryl methyl sites for hydroxylation is 1. The van der Waals surface area contributed by atoms with Gasteiger partial charge in [0.25, 0.3) is 0 Å². The molecule has 64 heavy (non-hydrogen) atoms. The van der Waals surface area contributed by atoms with Gasteiger partial charge in [0.1, 0.15) is 11.2 Å². The van der Waals surface area contributed by atoms with Crippen LogP contribution in [0.25, 0.3) is 10.9 Å². The van der Waals surface area contributed by atoms with Crippen LogP contribution in [0, 0.1) is 17.3 Å². The lowest BCUT2D eigenvalue weighted by molar-refractivity contribution is -0.228. The van der Waals surface area contributed by atoms with E-state index < -0.39 is 63.7 Å². The normalized spacial score (nSPS) is 34.1. The first-order chi connectivity index (χ1) is 30.5. The molecule has 6 heterocycles. The zero-order valence-electron chi connectivity index (χ0n) is 38.5. The highest BCUT2D eigenvalue weighted by Gasteiger charge is 2.80. The Morgan fingerprint density at radius 3 is 2.44 bits per heavy atom. The van der Waals surface area contributed by atoms with E-state index in [-0.39, 0.29) is 31.3 Å². The summed E-state index contributed by atoms with van der Waals surface area (Å²) in [4.78, 5) is 53.2. The fourth-order valence-electron chi connectivity index (χ4n) is 14.1. The number of aromatic amines is 1. The average molecular weight is 887 g/mol. The smallest absolute Gasteiger partial charge is 0.344 e. The van der Waals surface area contributed by atoms with Crippen molar-refractivity contribution in [1.82, 2.24) is 14.8 Å². The molecular weight excluding hydrogens is 823 g/mol. The van der Waals surface area contributed by atoms with Crippen molar-refractivity contribution in [2.75, 3.05) is 66.0 Å². The summed E-state index contributed by atoms with van der Waals surface area (Å²) in [6.07, 6.45) is 7.53. The first kappa shape index (κ1) is 44.7. The van der Waals surface area contributed by atoms with Gasteiger partial charge in [0, 0.05) is 96.9 Å². The first-order valence-electron chi connectivity index (χ1n) is 23.2. The number of aliphatic hydroxyl groups is 1. The molecule has 2 aromatic carbocycles. The molecule has 10 atom stereocenters. The lowest BCUT2D eigenvalue weighted by atomic mass is 9.47. The van der Waals surface area contributed by atoms with Crippen molar-refractivity contribution >= 4 is 34.5 Å². The number of esters is 3. The molecule has 2 saturated heterocycles. The molecular formula is C50H64F2N4O8. The highest BCUT2D eigenvalue weighted by molar-refractivity contribution is 5.95. The Labute approximate surface area is 374 Å². The second kappa shape index (κ2) is 15.8. The van der Waals surface area contributed by atoms with Gasteiger partial charge >= 0.3 is 17.9 Å². The number of H-pyrrole nitrogens is 1. The Balaban J connectivity index is 1.35. The summed E-state index contributed by atoms with van der Waals surface area (Å²) in [5, 5.41) is 14.4. The molecule has 14 heteroatoms. The number of halogens is 2. The maximum atomic E-state index is 15.5. The number of methoxy groups -OCH3 is 3. The fraction of sp³-hybridized carbons (Fsp3) is 0.620. The number of nitrogens with one attached hydrogen (secondary N) is 1. The molecule has 0 radical (unpaired) electrons. The predicted molar refractivity (Wildman–Crippen MR) is 238 cm³/mol. The van der Waals surface area contributed by atoms with E-state index in [1.54, 1.807) is 7.11 Å². The highest BCUT2D eigenvalue weighted by atomic mass is 19.3. The van der Waals surface area contributed by atoms with Gasteiger partial charge in [0.2, 0.25) is 11.5 Å². The second-order valence-corrected chi connectivity index (χ2v) is 19.8. The molecule has 5 aliphatic heterocycles. The van der Waals surface area contributed by atoms with Crippen molar-refractivity contribution in [3.63, 3.8) is 0 Å². The lowest BCUT2D eigenvalue weighted by Crippen LogP contribution is -2.81. The van der Waals surface area contributed by atoms with Crippen molar-refractivity contribution in [3.05, 3.63) is 70.4 Å². The standard InChI is InChI=1S/C50H64F2N4O8/c1-9-11-13-30-14-15-37-34(23-30)33-16-20-55-27-31(22-32(28-55)46(4,51)52)26-49(40(33)53-37,44(58)62-7)36-24-35-38(25-39(36)61-6)54(5)42-48(35)18-21-56-19-12-17-47(10-2,41(48)56)43(64-29(3)57)50(42,60)45(59)63-8/h12,14-15,17,23-25,31-32,41-43,53,60H,9-11,13,16,18-22,26-28H2,1-8H3/t31-,32-,41+,42-,43-,47-,48-,49+,50+/m1/s1. The molecule has 1 aromatic heterocycles. The summed E-state index contributed by atoms with van der Waals surface area (Å²) in [7, 11) is 6.00. The molecule has 1 spiro atoms. The number of piperidine rings is 1. The molecule has 346 valence electrons. The largest absolute Gasteiger partial charge is 0.496 e. The topological polar surface area (TPSA) is 134 Å². The van der Waals surface area contributed by atoms with Crippen LogP contribution in [0.2, 0.25) is 0 Å². The minimum Gasteiger partial charge on any atom is -0.496 e. The Morgan fingerprint density at radius 2 is 1.77 bits per heavy atom. The van der Waals surface area contributed by atoms with Crippen molar-refractivity contribution in [1.29, 1.82) is 0 Å². The van der Waals surface area contributed by atoms with Crippen molar-refractivity contribution in [2.45, 2.75) is 120 Å². The number of alkyl halides is 2. The number of benzene rings is 2. The molecule has 2 N–H and O–H groups in total. The molecule has 1 aliphatic carbocycles. The molecule has 1 saturated carbocycles. The number of hydrogen-bond donors (Lipinski definition) is 2. The molecule has 12 nitrogen and oxygen atoms in total. The van der Waals surface area contributed by atoms with E-state index in [0.29, 0.717) is 68.1 Å². The number of carbonyl (C=O) groups excluding carboxylic acids is 3. The lowest BCUT2D eigenvalue weighted by Gasteiger charge is -2.63.